The number of anilines is 1. The van der Waals surface area contributed by atoms with E-state index in [1.54, 1.807) is 17.8 Å². The molecular weight excluding hydrogens is 202 g/mol. The number of hydrogen-bond acceptors (Lipinski definition) is 2. The van der Waals surface area contributed by atoms with Crippen molar-refractivity contribution in [1.82, 2.24) is 0 Å². The second-order valence-corrected chi connectivity index (χ2v) is 4.91. The van der Waals surface area contributed by atoms with E-state index < -0.39 is 0 Å². The first-order valence-corrected chi connectivity index (χ1v) is 5.61. The van der Waals surface area contributed by atoms with Gasteiger partial charge in [-0.25, -0.2) is 0 Å². The molecule has 0 fully saturated rings. The molecule has 0 aliphatic heterocycles. The van der Waals surface area contributed by atoms with E-state index in [1.165, 1.54) is 0 Å². The molecule has 13 heavy (non-hydrogen) atoms. The summed E-state index contributed by atoms with van der Waals surface area (Å²) in [6.45, 7) is 4.36. The Hall–Kier alpha value is -0.340. The normalized spacial score (nSPS) is 12.8. The van der Waals surface area contributed by atoms with Crippen molar-refractivity contribution >= 4 is 29.1 Å². The van der Waals surface area contributed by atoms with Crippen molar-refractivity contribution in [3.63, 3.8) is 0 Å². The van der Waals surface area contributed by atoms with Crippen LogP contribution in [-0.2, 0) is 0 Å². The minimum absolute atomic E-state index is 0.598. The van der Waals surface area contributed by atoms with Gasteiger partial charge in [-0.15, -0.1) is 11.8 Å². The monoisotopic (exact) mass is 215 g/mol. The number of hydrogen-bond donors (Lipinski definition) is 1. The lowest BCUT2D eigenvalue weighted by Crippen LogP contribution is -1.93. The fraction of sp³-hybridized carbons (Fsp3) is 0.400. The molecule has 0 bridgehead atoms. The smallest absolute Gasteiger partial charge is 0.0562 e. The third-order valence-corrected chi connectivity index (χ3v) is 3.63. The lowest BCUT2D eigenvalue weighted by atomic mass is 10.3. The minimum Gasteiger partial charge on any atom is -0.399 e. The Kier molecular flexibility index (Phi) is 3.94. The minimum atomic E-state index is 0.598. The number of nitrogen functional groups attached to an aromatic ring is 1. The highest BCUT2D eigenvalue weighted by molar-refractivity contribution is 8.00. The van der Waals surface area contributed by atoms with Gasteiger partial charge < -0.3 is 5.73 Å². The standard InChI is InChI=1S/C10H14ClNS/c1-3-7(2)13-10-5-4-8(12)6-9(10)11/h4-7H,3,12H2,1-2H3. The Bertz CT molecular complexity index is 288. The summed E-state index contributed by atoms with van der Waals surface area (Å²) in [7, 11) is 0. The zero-order valence-corrected chi connectivity index (χ0v) is 9.45. The Morgan fingerprint density at radius 3 is 2.77 bits per heavy atom. The maximum absolute atomic E-state index is 6.03. The van der Waals surface area contributed by atoms with E-state index in [9.17, 15) is 0 Å². The largest absolute Gasteiger partial charge is 0.399 e. The van der Waals surface area contributed by atoms with E-state index in [1.807, 2.05) is 12.1 Å². The van der Waals surface area contributed by atoms with Crippen molar-refractivity contribution in [2.75, 3.05) is 5.73 Å². The van der Waals surface area contributed by atoms with Gasteiger partial charge in [-0.1, -0.05) is 25.4 Å². The van der Waals surface area contributed by atoms with Gasteiger partial charge >= 0.3 is 0 Å². The molecule has 0 saturated carbocycles. The average Bonchev–Trinajstić information content (AvgIpc) is 2.09. The molecule has 0 saturated heterocycles. The number of nitrogens with two attached hydrogens (primary N) is 1. The maximum Gasteiger partial charge on any atom is 0.0562 e. The van der Waals surface area contributed by atoms with Crippen LogP contribution in [0.25, 0.3) is 0 Å². The van der Waals surface area contributed by atoms with Crippen molar-refractivity contribution in [2.24, 2.45) is 0 Å². The topological polar surface area (TPSA) is 26.0 Å². The maximum atomic E-state index is 6.03. The second-order valence-electron chi connectivity index (χ2n) is 3.03. The third kappa shape index (κ3) is 3.12. The predicted molar refractivity (Wildman–Crippen MR) is 61.5 cm³/mol. The van der Waals surface area contributed by atoms with Crippen LogP contribution in [0.1, 0.15) is 20.3 Å². The van der Waals surface area contributed by atoms with Gasteiger partial charge in [0.05, 0.1) is 5.02 Å². The molecule has 3 heteroatoms. The van der Waals surface area contributed by atoms with E-state index in [2.05, 4.69) is 13.8 Å². The van der Waals surface area contributed by atoms with E-state index in [0.717, 1.165) is 22.0 Å². The molecule has 72 valence electrons. The summed E-state index contributed by atoms with van der Waals surface area (Å²) in [6, 6.07) is 5.66. The van der Waals surface area contributed by atoms with Crippen molar-refractivity contribution in [1.29, 1.82) is 0 Å². The molecule has 1 aromatic rings. The summed E-state index contributed by atoms with van der Waals surface area (Å²) >= 11 is 7.82. The summed E-state index contributed by atoms with van der Waals surface area (Å²) < 4.78 is 0. The quantitative estimate of drug-likeness (QED) is 0.613. The lowest BCUT2D eigenvalue weighted by molar-refractivity contribution is 0.906. The Labute approximate surface area is 88.7 Å². The van der Waals surface area contributed by atoms with Crippen LogP contribution >= 0.6 is 23.4 Å². The van der Waals surface area contributed by atoms with Crippen LogP contribution in [0, 0.1) is 0 Å². The van der Waals surface area contributed by atoms with Crippen molar-refractivity contribution < 1.29 is 0 Å². The van der Waals surface area contributed by atoms with Crippen LogP contribution in [0.5, 0.6) is 0 Å². The van der Waals surface area contributed by atoms with Crippen LogP contribution in [0.3, 0.4) is 0 Å². The molecule has 0 amide bonds. The molecule has 0 radical (unpaired) electrons. The highest BCUT2D eigenvalue weighted by atomic mass is 35.5. The van der Waals surface area contributed by atoms with Gasteiger partial charge in [0.15, 0.2) is 0 Å². The summed E-state index contributed by atoms with van der Waals surface area (Å²) in [4.78, 5) is 1.12. The SMILES string of the molecule is CCC(C)Sc1ccc(N)cc1Cl. The molecule has 0 spiro atoms. The van der Waals surface area contributed by atoms with Crippen molar-refractivity contribution in [2.45, 2.75) is 30.4 Å². The molecule has 0 aliphatic rings. The fourth-order valence-electron chi connectivity index (χ4n) is 0.913. The van der Waals surface area contributed by atoms with E-state index >= 15 is 0 Å². The molecule has 1 aromatic carbocycles. The third-order valence-electron chi connectivity index (χ3n) is 1.86. The zero-order valence-electron chi connectivity index (χ0n) is 7.88. The average molecular weight is 216 g/mol. The predicted octanol–water partition coefficient (Wildman–Crippen LogP) is 3.81. The van der Waals surface area contributed by atoms with Gasteiger partial charge in [0.25, 0.3) is 0 Å². The van der Waals surface area contributed by atoms with Gasteiger partial charge in [0.1, 0.15) is 0 Å². The molecule has 0 aliphatic carbocycles. The van der Waals surface area contributed by atoms with Gasteiger partial charge in [0.2, 0.25) is 0 Å². The number of halogens is 1. The van der Waals surface area contributed by atoms with Gasteiger partial charge in [0, 0.05) is 15.8 Å². The molecule has 1 atom stereocenters. The molecule has 1 rings (SSSR count). The van der Waals surface area contributed by atoms with E-state index in [4.69, 9.17) is 17.3 Å². The summed E-state index contributed by atoms with van der Waals surface area (Å²) in [5.74, 6) is 0. The molecule has 0 heterocycles. The first kappa shape index (κ1) is 10.7. The van der Waals surface area contributed by atoms with E-state index in [-0.39, 0.29) is 0 Å². The Balaban J connectivity index is 2.77. The summed E-state index contributed by atoms with van der Waals surface area (Å²) in [5.41, 5.74) is 6.32. The van der Waals surface area contributed by atoms with Crippen molar-refractivity contribution in [3.05, 3.63) is 23.2 Å². The van der Waals surface area contributed by atoms with Gasteiger partial charge in [-0.2, -0.15) is 0 Å². The fourth-order valence-corrected chi connectivity index (χ4v) is 2.15. The van der Waals surface area contributed by atoms with Crippen LogP contribution < -0.4 is 5.73 Å². The van der Waals surface area contributed by atoms with Crippen LogP contribution in [0.4, 0.5) is 5.69 Å². The summed E-state index contributed by atoms with van der Waals surface area (Å²) in [6.07, 6.45) is 1.14. The summed E-state index contributed by atoms with van der Waals surface area (Å²) in [5, 5.41) is 1.35. The Morgan fingerprint density at radius 1 is 1.54 bits per heavy atom. The van der Waals surface area contributed by atoms with Gasteiger partial charge in [-0.05, 0) is 24.6 Å². The second kappa shape index (κ2) is 4.77. The number of benzene rings is 1. The number of thioether (sulfide) groups is 1. The molecular formula is C10H14ClNS. The first-order chi connectivity index (χ1) is 6.13. The van der Waals surface area contributed by atoms with Crippen LogP contribution in [0.15, 0.2) is 23.1 Å². The van der Waals surface area contributed by atoms with Gasteiger partial charge in [-0.3, -0.25) is 0 Å². The van der Waals surface area contributed by atoms with Crippen molar-refractivity contribution in [3.8, 4) is 0 Å². The van der Waals surface area contributed by atoms with E-state index in [0.29, 0.717) is 5.25 Å². The molecule has 0 aromatic heterocycles. The molecule has 2 N–H and O–H groups in total. The highest BCUT2D eigenvalue weighted by Crippen LogP contribution is 2.32. The molecule has 1 nitrogen and oxygen atoms in total. The van der Waals surface area contributed by atoms with Crippen LogP contribution in [0.2, 0.25) is 5.02 Å². The Morgan fingerprint density at radius 2 is 2.23 bits per heavy atom. The number of rotatable bonds is 3. The molecule has 1 unspecified atom stereocenters. The lowest BCUT2D eigenvalue weighted by Gasteiger charge is -2.09. The highest BCUT2D eigenvalue weighted by Gasteiger charge is 2.05. The first-order valence-electron chi connectivity index (χ1n) is 4.35. The van der Waals surface area contributed by atoms with Crippen LogP contribution in [-0.4, -0.2) is 5.25 Å². The zero-order chi connectivity index (χ0) is 9.84.